The van der Waals surface area contributed by atoms with E-state index in [0.29, 0.717) is 34.3 Å². The Kier molecular flexibility index (Phi) is 5.51. The number of rotatable bonds is 5. The van der Waals surface area contributed by atoms with Crippen LogP contribution in [-0.2, 0) is 0 Å². The molecule has 0 spiro atoms. The van der Waals surface area contributed by atoms with Gasteiger partial charge in [0.2, 0.25) is 5.95 Å². The summed E-state index contributed by atoms with van der Waals surface area (Å²) >= 11 is 0. The van der Waals surface area contributed by atoms with Crippen molar-refractivity contribution in [2.24, 2.45) is 0 Å². The maximum atomic E-state index is 12.6. The van der Waals surface area contributed by atoms with Gasteiger partial charge in [-0.2, -0.15) is 5.26 Å². The maximum absolute atomic E-state index is 12.6. The molecule has 0 saturated heterocycles. The van der Waals surface area contributed by atoms with Gasteiger partial charge in [-0.3, -0.25) is 4.79 Å². The fourth-order valence-corrected chi connectivity index (χ4v) is 2.64. The highest BCUT2D eigenvalue weighted by atomic mass is 16.5. The first kappa shape index (κ1) is 18.9. The highest BCUT2D eigenvalue weighted by Crippen LogP contribution is 2.27. The summed E-state index contributed by atoms with van der Waals surface area (Å²) in [7, 11) is 1.58. The molecule has 1 amide bonds. The lowest BCUT2D eigenvalue weighted by Gasteiger charge is -2.12. The molecule has 1 aromatic heterocycles. The highest BCUT2D eigenvalue weighted by molar-refractivity contribution is 6.03. The Morgan fingerprint density at radius 2 is 1.93 bits per heavy atom. The predicted molar refractivity (Wildman–Crippen MR) is 107 cm³/mol. The number of nitrogens with zero attached hydrogens (tertiary/aromatic N) is 3. The van der Waals surface area contributed by atoms with Crippen LogP contribution < -0.4 is 15.4 Å². The molecule has 0 atom stereocenters. The van der Waals surface area contributed by atoms with Crippen LogP contribution in [0.5, 0.6) is 5.75 Å². The summed E-state index contributed by atoms with van der Waals surface area (Å²) in [4.78, 5) is 21.3. The summed E-state index contributed by atoms with van der Waals surface area (Å²) in [6.45, 7) is 3.75. The Morgan fingerprint density at radius 3 is 2.68 bits per heavy atom. The van der Waals surface area contributed by atoms with Crippen molar-refractivity contribution in [3.8, 4) is 11.8 Å². The van der Waals surface area contributed by atoms with E-state index in [9.17, 15) is 4.79 Å². The van der Waals surface area contributed by atoms with Crippen LogP contribution in [0.3, 0.4) is 0 Å². The number of ether oxygens (including phenoxy) is 1. The van der Waals surface area contributed by atoms with Gasteiger partial charge in [0.05, 0.1) is 24.4 Å². The second-order valence-electron chi connectivity index (χ2n) is 6.19. The molecule has 3 aromatic rings. The molecular formula is C21H19N5O2. The number of benzene rings is 2. The van der Waals surface area contributed by atoms with Crippen LogP contribution in [0.4, 0.5) is 17.3 Å². The van der Waals surface area contributed by atoms with Crippen molar-refractivity contribution in [2.75, 3.05) is 17.7 Å². The largest absolute Gasteiger partial charge is 0.495 e. The van der Waals surface area contributed by atoms with Crippen LogP contribution in [0.2, 0.25) is 0 Å². The SMILES string of the molecule is COc1ccc(C)cc1Nc1nc(C)cc(C(=O)Nc2cccc(C#N)c2)n1. The average Bonchev–Trinajstić information content (AvgIpc) is 2.68. The minimum atomic E-state index is -0.389. The Labute approximate surface area is 163 Å². The molecule has 1 heterocycles. The third kappa shape index (κ3) is 4.43. The van der Waals surface area contributed by atoms with Crippen molar-refractivity contribution in [1.82, 2.24) is 9.97 Å². The first-order valence-corrected chi connectivity index (χ1v) is 8.57. The second kappa shape index (κ2) is 8.18. The van der Waals surface area contributed by atoms with Crippen molar-refractivity contribution < 1.29 is 9.53 Å². The molecule has 7 nitrogen and oxygen atoms in total. The first-order valence-electron chi connectivity index (χ1n) is 8.57. The Hall–Kier alpha value is -3.92. The van der Waals surface area contributed by atoms with E-state index >= 15 is 0 Å². The number of nitrogens with one attached hydrogen (secondary N) is 2. The van der Waals surface area contributed by atoms with E-state index in [0.717, 1.165) is 5.56 Å². The molecule has 0 radical (unpaired) electrons. The quantitative estimate of drug-likeness (QED) is 0.702. The van der Waals surface area contributed by atoms with E-state index in [4.69, 9.17) is 10.00 Å². The molecule has 0 fully saturated rings. The summed E-state index contributed by atoms with van der Waals surface area (Å²) in [6.07, 6.45) is 0. The summed E-state index contributed by atoms with van der Waals surface area (Å²) in [5.74, 6) is 0.551. The Balaban J connectivity index is 1.86. The molecule has 3 rings (SSSR count). The number of carbonyl (C=O) groups excluding carboxylic acids is 1. The van der Waals surface area contributed by atoms with E-state index in [1.54, 1.807) is 44.4 Å². The summed E-state index contributed by atoms with van der Waals surface area (Å²) in [5.41, 5.74) is 3.59. The summed E-state index contributed by atoms with van der Waals surface area (Å²) in [5, 5.41) is 14.8. The maximum Gasteiger partial charge on any atom is 0.274 e. The number of hydrogen-bond acceptors (Lipinski definition) is 6. The van der Waals surface area contributed by atoms with Gasteiger partial charge in [0, 0.05) is 11.4 Å². The molecule has 0 saturated carbocycles. The summed E-state index contributed by atoms with van der Waals surface area (Å²) < 4.78 is 5.36. The van der Waals surface area contributed by atoms with Gasteiger partial charge in [0.25, 0.3) is 5.91 Å². The molecule has 2 aromatic carbocycles. The molecule has 0 aliphatic carbocycles. The number of aryl methyl sites for hydroxylation is 2. The van der Waals surface area contributed by atoms with E-state index in [-0.39, 0.29) is 11.6 Å². The van der Waals surface area contributed by atoms with E-state index in [1.807, 2.05) is 31.2 Å². The van der Waals surface area contributed by atoms with Gasteiger partial charge in [-0.25, -0.2) is 9.97 Å². The van der Waals surface area contributed by atoms with Gasteiger partial charge in [-0.1, -0.05) is 12.1 Å². The topological polar surface area (TPSA) is 99.9 Å². The molecule has 0 aliphatic rings. The number of carbonyl (C=O) groups is 1. The fourth-order valence-electron chi connectivity index (χ4n) is 2.64. The smallest absolute Gasteiger partial charge is 0.274 e. The molecule has 28 heavy (non-hydrogen) atoms. The monoisotopic (exact) mass is 373 g/mol. The minimum absolute atomic E-state index is 0.212. The predicted octanol–water partition coefficient (Wildman–Crippen LogP) is 3.97. The van der Waals surface area contributed by atoms with Gasteiger partial charge < -0.3 is 15.4 Å². The normalized spacial score (nSPS) is 10.1. The second-order valence-corrected chi connectivity index (χ2v) is 6.19. The lowest BCUT2D eigenvalue weighted by atomic mass is 10.2. The zero-order valence-electron chi connectivity index (χ0n) is 15.8. The van der Waals surface area contributed by atoms with Gasteiger partial charge in [-0.05, 0) is 55.8 Å². The molecule has 0 unspecified atom stereocenters. The zero-order chi connectivity index (χ0) is 20.1. The van der Waals surface area contributed by atoms with Crippen molar-refractivity contribution in [3.05, 3.63) is 71.0 Å². The molecule has 2 N–H and O–H groups in total. The zero-order valence-corrected chi connectivity index (χ0v) is 15.8. The van der Waals surface area contributed by atoms with E-state index in [1.165, 1.54) is 0 Å². The molecule has 140 valence electrons. The van der Waals surface area contributed by atoms with Gasteiger partial charge in [-0.15, -0.1) is 0 Å². The van der Waals surface area contributed by atoms with Crippen molar-refractivity contribution >= 4 is 23.2 Å². The number of aromatic nitrogens is 2. The lowest BCUT2D eigenvalue weighted by Crippen LogP contribution is -2.15. The third-order valence-corrected chi connectivity index (χ3v) is 3.94. The molecular weight excluding hydrogens is 354 g/mol. The van der Waals surface area contributed by atoms with Crippen LogP contribution in [0.25, 0.3) is 0 Å². The van der Waals surface area contributed by atoms with E-state index in [2.05, 4.69) is 20.6 Å². The van der Waals surface area contributed by atoms with E-state index < -0.39 is 0 Å². The van der Waals surface area contributed by atoms with Crippen molar-refractivity contribution in [2.45, 2.75) is 13.8 Å². The summed E-state index contributed by atoms with van der Waals surface area (Å²) in [6, 6.07) is 16.0. The van der Waals surface area contributed by atoms with Gasteiger partial charge >= 0.3 is 0 Å². The van der Waals surface area contributed by atoms with Crippen LogP contribution in [-0.4, -0.2) is 23.0 Å². The van der Waals surface area contributed by atoms with Gasteiger partial charge in [0.1, 0.15) is 11.4 Å². The third-order valence-electron chi connectivity index (χ3n) is 3.94. The van der Waals surface area contributed by atoms with Crippen LogP contribution in [0, 0.1) is 25.2 Å². The lowest BCUT2D eigenvalue weighted by molar-refractivity contribution is 0.102. The first-order chi connectivity index (χ1) is 13.5. The van der Waals surface area contributed by atoms with Crippen LogP contribution >= 0.6 is 0 Å². The number of methoxy groups -OCH3 is 1. The van der Waals surface area contributed by atoms with Crippen LogP contribution in [0.15, 0.2) is 48.5 Å². The Morgan fingerprint density at radius 1 is 1.11 bits per heavy atom. The van der Waals surface area contributed by atoms with Gasteiger partial charge in [0.15, 0.2) is 0 Å². The number of amides is 1. The van der Waals surface area contributed by atoms with Crippen molar-refractivity contribution in [1.29, 1.82) is 5.26 Å². The minimum Gasteiger partial charge on any atom is -0.495 e. The molecule has 7 heteroatoms. The molecule has 0 bridgehead atoms. The number of nitriles is 1. The van der Waals surface area contributed by atoms with Crippen LogP contribution in [0.1, 0.15) is 27.3 Å². The number of hydrogen-bond donors (Lipinski definition) is 2. The average molecular weight is 373 g/mol. The fraction of sp³-hybridized carbons (Fsp3) is 0.143. The standard InChI is InChI=1S/C21H19N5O2/c1-13-7-8-19(28-3)17(9-13)25-21-23-14(2)10-18(26-21)20(27)24-16-6-4-5-15(11-16)12-22/h4-11H,1-3H3,(H,24,27)(H,23,25,26). The highest BCUT2D eigenvalue weighted by Gasteiger charge is 2.13. The van der Waals surface area contributed by atoms with Crippen molar-refractivity contribution in [3.63, 3.8) is 0 Å². The Bertz CT molecular complexity index is 1070. The molecule has 0 aliphatic heterocycles. The number of anilines is 3.